The highest BCUT2D eigenvalue weighted by molar-refractivity contribution is 7.10. The van der Waals surface area contributed by atoms with Crippen LogP contribution in [0.4, 0.5) is 4.79 Å². The number of nitrogens with zero attached hydrogens (tertiary/aromatic N) is 1. The van der Waals surface area contributed by atoms with Crippen LogP contribution in [0.15, 0.2) is 29.0 Å². The monoisotopic (exact) mass is 322 g/mol. The van der Waals surface area contributed by atoms with Crippen molar-refractivity contribution in [1.29, 1.82) is 0 Å². The molecule has 1 atom stereocenters. The molecule has 0 spiro atoms. The molecule has 2 aromatic heterocycles. The lowest BCUT2D eigenvalue weighted by Gasteiger charge is -2.33. The molecule has 7 heteroatoms. The molecule has 0 aliphatic carbocycles. The molecule has 5 nitrogen and oxygen atoms in total. The predicted octanol–water partition coefficient (Wildman–Crippen LogP) is 2.70. The van der Waals surface area contributed by atoms with Crippen LogP contribution in [0.25, 0.3) is 0 Å². The van der Waals surface area contributed by atoms with Crippen molar-refractivity contribution in [3.8, 4) is 0 Å². The van der Waals surface area contributed by atoms with Crippen molar-refractivity contribution in [3.05, 3.63) is 44.3 Å². The molecule has 2 aromatic rings. The summed E-state index contributed by atoms with van der Waals surface area (Å²) in [6.07, 6.45) is 0.712. The number of carbonyl (C=O) groups is 2. The van der Waals surface area contributed by atoms with E-state index in [4.69, 9.17) is 0 Å². The first-order valence-corrected chi connectivity index (χ1v) is 8.28. The largest absolute Gasteiger partial charge is 0.479 e. The van der Waals surface area contributed by atoms with Crippen LogP contribution in [-0.2, 0) is 17.8 Å². The smallest absolute Gasteiger partial charge is 0.331 e. The minimum absolute atomic E-state index is 0.326. The van der Waals surface area contributed by atoms with Crippen molar-refractivity contribution in [1.82, 2.24) is 10.2 Å². The molecule has 1 unspecified atom stereocenters. The molecular weight excluding hydrogens is 308 g/mol. The number of hydrogen-bond acceptors (Lipinski definition) is 4. The van der Waals surface area contributed by atoms with Gasteiger partial charge in [0.15, 0.2) is 6.04 Å². The molecule has 1 aliphatic rings. The van der Waals surface area contributed by atoms with Gasteiger partial charge in [-0.05, 0) is 34.9 Å². The van der Waals surface area contributed by atoms with Crippen LogP contribution in [0.2, 0.25) is 0 Å². The maximum absolute atomic E-state index is 12.3. The van der Waals surface area contributed by atoms with Crippen LogP contribution >= 0.6 is 22.7 Å². The summed E-state index contributed by atoms with van der Waals surface area (Å²) in [5, 5.41) is 16.1. The maximum atomic E-state index is 12.3. The molecule has 1 aliphatic heterocycles. The lowest BCUT2D eigenvalue weighted by Crippen LogP contribution is -2.47. The summed E-state index contributed by atoms with van der Waals surface area (Å²) < 4.78 is 0. The molecule has 0 radical (unpaired) electrons. The number of fused-ring (bicyclic) bond motifs is 1. The Morgan fingerprint density at radius 1 is 1.33 bits per heavy atom. The van der Waals surface area contributed by atoms with Gasteiger partial charge in [-0.1, -0.05) is 6.07 Å². The van der Waals surface area contributed by atoms with E-state index in [0.29, 0.717) is 19.5 Å². The molecule has 0 fully saturated rings. The summed E-state index contributed by atoms with van der Waals surface area (Å²) >= 11 is 3.11. The van der Waals surface area contributed by atoms with Gasteiger partial charge in [0, 0.05) is 16.3 Å². The summed E-state index contributed by atoms with van der Waals surface area (Å²) in [4.78, 5) is 27.4. The molecule has 0 bridgehead atoms. The van der Waals surface area contributed by atoms with E-state index in [1.165, 1.54) is 4.90 Å². The Labute approximate surface area is 129 Å². The summed E-state index contributed by atoms with van der Waals surface area (Å²) in [5.74, 6) is -0.986. The number of thiophene rings is 2. The Morgan fingerprint density at radius 2 is 2.19 bits per heavy atom. The normalized spacial score (nSPS) is 17.3. The van der Waals surface area contributed by atoms with Gasteiger partial charge >= 0.3 is 12.0 Å². The lowest BCUT2D eigenvalue weighted by molar-refractivity contribution is -0.142. The summed E-state index contributed by atoms with van der Waals surface area (Å²) in [7, 11) is 0. The fraction of sp³-hybridized carbons (Fsp3) is 0.286. The van der Waals surface area contributed by atoms with E-state index in [9.17, 15) is 14.7 Å². The van der Waals surface area contributed by atoms with Crippen molar-refractivity contribution in [2.75, 3.05) is 6.54 Å². The van der Waals surface area contributed by atoms with Gasteiger partial charge in [-0.3, -0.25) is 0 Å². The average molecular weight is 322 g/mol. The highest BCUT2D eigenvalue weighted by atomic mass is 32.1. The Balaban J connectivity index is 1.74. The number of amides is 2. The van der Waals surface area contributed by atoms with Gasteiger partial charge < -0.3 is 15.3 Å². The van der Waals surface area contributed by atoms with Crippen LogP contribution < -0.4 is 5.32 Å². The molecule has 0 saturated carbocycles. The summed E-state index contributed by atoms with van der Waals surface area (Å²) in [5.41, 5.74) is 0.741. The van der Waals surface area contributed by atoms with E-state index in [-0.39, 0.29) is 6.03 Å². The first-order chi connectivity index (χ1) is 10.2. The topological polar surface area (TPSA) is 69.6 Å². The van der Waals surface area contributed by atoms with Gasteiger partial charge in [0.2, 0.25) is 0 Å². The van der Waals surface area contributed by atoms with E-state index in [0.717, 1.165) is 15.3 Å². The molecule has 2 amide bonds. The summed E-state index contributed by atoms with van der Waals surface area (Å²) in [6.45, 7) is 0.858. The molecule has 3 rings (SSSR count). The first kappa shape index (κ1) is 14.1. The Morgan fingerprint density at radius 3 is 2.90 bits per heavy atom. The Hall–Kier alpha value is -1.86. The van der Waals surface area contributed by atoms with Crippen molar-refractivity contribution in [2.45, 2.75) is 19.0 Å². The third-order valence-corrected chi connectivity index (χ3v) is 5.33. The fourth-order valence-corrected chi connectivity index (χ4v) is 4.03. The molecule has 110 valence electrons. The molecule has 0 saturated heterocycles. The zero-order valence-electron chi connectivity index (χ0n) is 11.1. The fourth-order valence-electron chi connectivity index (χ4n) is 2.48. The standard InChI is InChI=1S/C14H14N2O3S2/c17-13(18)12-10-4-7-21-11(10)3-5-16(12)14(19)15-8-9-2-1-6-20-9/h1-2,4,6-7,12H,3,5,8H2,(H,15,19)(H,17,18). The van der Waals surface area contributed by atoms with Gasteiger partial charge in [-0.2, -0.15) is 0 Å². The predicted molar refractivity (Wildman–Crippen MR) is 81.7 cm³/mol. The van der Waals surface area contributed by atoms with Gasteiger partial charge in [-0.15, -0.1) is 22.7 Å². The minimum atomic E-state index is -0.986. The minimum Gasteiger partial charge on any atom is -0.479 e. The van der Waals surface area contributed by atoms with E-state index in [1.807, 2.05) is 22.9 Å². The molecule has 2 N–H and O–H groups in total. The highest BCUT2D eigenvalue weighted by Crippen LogP contribution is 2.33. The number of nitrogens with one attached hydrogen (secondary N) is 1. The second kappa shape index (κ2) is 5.87. The van der Waals surface area contributed by atoms with Crippen molar-refractivity contribution in [3.63, 3.8) is 0 Å². The van der Waals surface area contributed by atoms with E-state index in [2.05, 4.69) is 5.32 Å². The quantitative estimate of drug-likeness (QED) is 0.913. The molecule has 21 heavy (non-hydrogen) atoms. The van der Waals surface area contributed by atoms with Crippen molar-refractivity contribution >= 4 is 34.7 Å². The Bertz CT molecular complexity index is 651. The number of carboxylic acid groups (broad SMARTS) is 1. The average Bonchev–Trinajstić information content (AvgIpc) is 3.14. The second-order valence-corrected chi connectivity index (χ2v) is 6.75. The number of urea groups is 1. The highest BCUT2D eigenvalue weighted by Gasteiger charge is 2.36. The zero-order chi connectivity index (χ0) is 14.8. The third-order valence-electron chi connectivity index (χ3n) is 3.45. The zero-order valence-corrected chi connectivity index (χ0v) is 12.7. The van der Waals surface area contributed by atoms with Crippen LogP contribution in [-0.4, -0.2) is 28.6 Å². The number of carbonyl (C=O) groups excluding carboxylic acids is 1. The van der Waals surface area contributed by atoms with Crippen molar-refractivity contribution < 1.29 is 14.7 Å². The number of rotatable bonds is 3. The summed E-state index contributed by atoms with van der Waals surface area (Å²) in [6, 6.07) is 4.45. The van der Waals surface area contributed by atoms with Crippen LogP contribution in [0, 0.1) is 0 Å². The van der Waals surface area contributed by atoms with Gasteiger partial charge in [-0.25, -0.2) is 9.59 Å². The third kappa shape index (κ3) is 2.79. The van der Waals surface area contributed by atoms with E-state index >= 15 is 0 Å². The second-order valence-electron chi connectivity index (χ2n) is 4.72. The lowest BCUT2D eigenvalue weighted by atomic mass is 10.0. The van der Waals surface area contributed by atoms with Crippen molar-refractivity contribution in [2.24, 2.45) is 0 Å². The van der Waals surface area contributed by atoms with Crippen LogP contribution in [0.1, 0.15) is 21.4 Å². The number of hydrogen-bond donors (Lipinski definition) is 2. The molecule has 0 aromatic carbocycles. The number of carboxylic acids is 1. The first-order valence-electron chi connectivity index (χ1n) is 6.52. The molecular formula is C14H14N2O3S2. The molecule has 3 heterocycles. The van der Waals surface area contributed by atoms with Gasteiger partial charge in [0.1, 0.15) is 0 Å². The Kier molecular flexibility index (Phi) is 3.94. The van der Waals surface area contributed by atoms with Crippen LogP contribution in [0.5, 0.6) is 0 Å². The van der Waals surface area contributed by atoms with Gasteiger partial charge in [0.25, 0.3) is 0 Å². The maximum Gasteiger partial charge on any atom is 0.331 e. The SMILES string of the molecule is O=C(O)C1c2ccsc2CCN1C(=O)NCc1cccs1. The van der Waals surface area contributed by atoms with Gasteiger partial charge in [0.05, 0.1) is 6.54 Å². The number of aliphatic carboxylic acids is 1. The van der Waals surface area contributed by atoms with E-state index < -0.39 is 12.0 Å². The van der Waals surface area contributed by atoms with E-state index in [1.54, 1.807) is 28.7 Å². The van der Waals surface area contributed by atoms with Crippen LogP contribution in [0.3, 0.4) is 0 Å².